The molecule has 0 bridgehead atoms. The van der Waals surface area contributed by atoms with Crippen molar-refractivity contribution in [2.45, 2.75) is 52.4 Å². The van der Waals surface area contributed by atoms with Gasteiger partial charge in [0, 0.05) is 6.07 Å². The standard InChI is InChI=1S/2C13H17NO5/c1-3-4-5-8-19-13-11(18-2)7-6-10(9-15)12(13)14(16)17;1-3-4-5-6-19-13-7-10(9-15)11(14(16)17)8-12(13)18-2/h6-7,9H,3-5,8H2,1-2H3;7-9H,3-6H2,1-2H3. The molecule has 0 amide bonds. The van der Waals surface area contributed by atoms with Gasteiger partial charge in [0.1, 0.15) is 0 Å². The zero-order valence-electron chi connectivity index (χ0n) is 22.1. The van der Waals surface area contributed by atoms with E-state index in [9.17, 15) is 29.8 Å². The molecule has 2 aromatic carbocycles. The number of nitro groups is 2. The Hall–Kier alpha value is -4.22. The van der Waals surface area contributed by atoms with Gasteiger partial charge < -0.3 is 18.9 Å². The fraction of sp³-hybridized carbons (Fsp3) is 0.462. The van der Waals surface area contributed by atoms with Crippen molar-refractivity contribution in [1.29, 1.82) is 0 Å². The minimum absolute atomic E-state index is 0.0173. The van der Waals surface area contributed by atoms with Crippen molar-refractivity contribution in [2.75, 3.05) is 27.4 Å². The molecule has 208 valence electrons. The number of carbonyl (C=O) groups excluding carboxylic acids is 2. The molecule has 0 aliphatic carbocycles. The summed E-state index contributed by atoms with van der Waals surface area (Å²) in [7, 11) is 2.80. The fourth-order valence-electron chi connectivity index (χ4n) is 3.30. The average molecular weight is 535 g/mol. The van der Waals surface area contributed by atoms with E-state index in [0.29, 0.717) is 31.5 Å². The van der Waals surface area contributed by atoms with Crippen LogP contribution in [0.1, 0.15) is 73.1 Å². The normalized spacial score (nSPS) is 10.0. The topological polar surface area (TPSA) is 157 Å². The molecule has 0 saturated heterocycles. The quantitative estimate of drug-likeness (QED) is 0.109. The van der Waals surface area contributed by atoms with Crippen LogP contribution in [-0.4, -0.2) is 49.9 Å². The summed E-state index contributed by atoms with van der Waals surface area (Å²) in [5, 5.41) is 21.9. The second kappa shape index (κ2) is 17.3. The Balaban J connectivity index is 0.000000380. The lowest BCUT2D eigenvalue weighted by Crippen LogP contribution is -2.05. The van der Waals surface area contributed by atoms with Crippen molar-refractivity contribution in [1.82, 2.24) is 0 Å². The highest BCUT2D eigenvalue weighted by atomic mass is 16.6. The Bertz CT molecular complexity index is 1080. The Morgan fingerprint density at radius 2 is 1.32 bits per heavy atom. The summed E-state index contributed by atoms with van der Waals surface area (Å²) in [6, 6.07) is 5.39. The summed E-state index contributed by atoms with van der Waals surface area (Å²) in [5.41, 5.74) is -0.661. The maximum atomic E-state index is 11.1. The summed E-state index contributed by atoms with van der Waals surface area (Å²) in [4.78, 5) is 42.4. The van der Waals surface area contributed by atoms with Gasteiger partial charge in [-0.05, 0) is 25.0 Å². The van der Waals surface area contributed by atoms with Crippen LogP contribution in [0.4, 0.5) is 11.4 Å². The number of carbonyl (C=O) groups is 2. The van der Waals surface area contributed by atoms with Crippen LogP contribution in [0.15, 0.2) is 24.3 Å². The maximum Gasteiger partial charge on any atom is 0.325 e. The van der Waals surface area contributed by atoms with Crippen LogP contribution < -0.4 is 18.9 Å². The van der Waals surface area contributed by atoms with E-state index in [1.807, 2.05) is 0 Å². The lowest BCUT2D eigenvalue weighted by Gasteiger charge is -2.11. The van der Waals surface area contributed by atoms with E-state index in [1.165, 1.54) is 38.5 Å². The second-order valence-electron chi connectivity index (χ2n) is 7.96. The molecule has 0 heterocycles. The van der Waals surface area contributed by atoms with Crippen molar-refractivity contribution in [2.24, 2.45) is 0 Å². The number of hydrogen-bond donors (Lipinski definition) is 0. The Morgan fingerprint density at radius 3 is 1.79 bits per heavy atom. The van der Waals surface area contributed by atoms with Crippen molar-refractivity contribution < 1.29 is 38.4 Å². The van der Waals surface area contributed by atoms with Gasteiger partial charge in [-0.25, -0.2) is 0 Å². The maximum absolute atomic E-state index is 11.1. The van der Waals surface area contributed by atoms with Gasteiger partial charge in [-0.2, -0.15) is 0 Å². The Labute approximate surface area is 221 Å². The smallest absolute Gasteiger partial charge is 0.325 e. The zero-order valence-corrected chi connectivity index (χ0v) is 22.1. The van der Waals surface area contributed by atoms with E-state index >= 15 is 0 Å². The molecule has 0 saturated carbocycles. The first kappa shape index (κ1) is 31.8. The zero-order chi connectivity index (χ0) is 28.5. The van der Waals surface area contributed by atoms with Gasteiger partial charge in [-0.1, -0.05) is 39.5 Å². The fourth-order valence-corrected chi connectivity index (χ4v) is 3.30. The first-order chi connectivity index (χ1) is 18.3. The number of methoxy groups -OCH3 is 2. The second-order valence-corrected chi connectivity index (χ2v) is 7.96. The summed E-state index contributed by atoms with van der Waals surface area (Å²) >= 11 is 0. The largest absolute Gasteiger partial charge is 0.493 e. The third-order valence-corrected chi connectivity index (χ3v) is 5.29. The third kappa shape index (κ3) is 9.34. The van der Waals surface area contributed by atoms with Crippen LogP contribution in [0, 0.1) is 20.2 Å². The van der Waals surface area contributed by atoms with Crippen molar-refractivity contribution in [3.8, 4) is 23.0 Å². The van der Waals surface area contributed by atoms with Gasteiger partial charge in [0.05, 0.1) is 54.5 Å². The molecular formula is C26H34N2O10. The van der Waals surface area contributed by atoms with Crippen LogP contribution in [0.25, 0.3) is 0 Å². The molecule has 38 heavy (non-hydrogen) atoms. The summed E-state index contributed by atoms with van der Waals surface area (Å²) in [6.07, 6.45) is 6.67. The lowest BCUT2D eigenvalue weighted by molar-refractivity contribution is -0.386. The van der Waals surface area contributed by atoms with Crippen LogP contribution in [0.3, 0.4) is 0 Å². The summed E-state index contributed by atoms with van der Waals surface area (Å²) < 4.78 is 21.0. The average Bonchev–Trinajstić information content (AvgIpc) is 2.92. The SMILES string of the molecule is CCCCCOc1c(OC)ccc(C=O)c1[N+](=O)[O-].CCCCCOc1cc(C=O)c([N+](=O)[O-])cc1OC. The monoisotopic (exact) mass is 534 g/mol. The van der Waals surface area contributed by atoms with Crippen molar-refractivity contribution in [3.05, 3.63) is 55.6 Å². The molecule has 0 atom stereocenters. The van der Waals surface area contributed by atoms with Gasteiger partial charge in [0.25, 0.3) is 5.69 Å². The van der Waals surface area contributed by atoms with Crippen molar-refractivity contribution >= 4 is 23.9 Å². The number of nitro benzene ring substituents is 2. The van der Waals surface area contributed by atoms with Crippen LogP contribution in [0.5, 0.6) is 23.0 Å². The van der Waals surface area contributed by atoms with Crippen molar-refractivity contribution in [3.63, 3.8) is 0 Å². The molecule has 12 nitrogen and oxygen atoms in total. The van der Waals surface area contributed by atoms with E-state index in [1.54, 1.807) is 0 Å². The number of unbranched alkanes of at least 4 members (excludes halogenated alkanes) is 4. The first-order valence-electron chi connectivity index (χ1n) is 12.2. The van der Waals surface area contributed by atoms with E-state index in [-0.39, 0.29) is 39.8 Å². The van der Waals surface area contributed by atoms with E-state index in [2.05, 4.69) is 13.8 Å². The number of aldehydes is 2. The highest BCUT2D eigenvalue weighted by molar-refractivity contribution is 5.85. The molecule has 2 aromatic rings. The van der Waals surface area contributed by atoms with Gasteiger partial charge in [-0.3, -0.25) is 29.8 Å². The third-order valence-electron chi connectivity index (χ3n) is 5.29. The van der Waals surface area contributed by atoms with Crippen LogP contribution >= 0.6 is 0 Å². The Morgan fingerprint density at radius 1 is 0.737 bits per heavy atom. The molecule has 0 radical (unpaired) electrons. The molecule has 0 N–H and O–H groups in total. The van der Waals surface area contributed by atoms with E-state index in [0.717, 1.165) is 38.5 Å². The van der Waals surface area contributed by atoms with Crippen LogP contribution in [-0.2, 0) is 0 Å². The molecule has 0 spiro atoms. The number of rotatable bonds is 16. The van der Waals surface area contributed by atoms with E-state index in [4.69, 9.17) is 18.9 Å². The molecular weight excluding hydrogens is 500 g/mol. The predicted molar refractivity (Wildman–Crippen MR) is 140 cm³/mol. The molecule has 2 rings (SSSR count). The Kier molecular flexibility index (Phi) is 14.5. The van der Waals surface area contributed by atoms with E-state index < -0.39 is 9.85 Å². The molecule has 12 heteroatoms. The highest BCUT2D eigenvalue weighted by Gasteiger charge is 2.25. The minimum Gasteiger partial charge on any atom is -0.493 e. The predicted octanol–water partition coefficient (Wildman–Crippen LogP) is 5.97. The molecule has 0 fully saturated rings. The molecule has 0 unspecified atom stereocenters. The summed E-state index contributed by atoms with van der Waals surface area (Å²) in [5.74, 6) is 0.891. The lowest BCUT2D eigenvalue weighted by atomic mass is 10.1. The molecule has 0 aliphatic rings. The highest BCUT2D eigenvalue weighted by Crippen LogP contribution is 2.39. The minimum atomic E-state index is -0.624. The number of nitrogens with zero attached hydrogens (tertiary/aromatic N) is 2. The number of benzene rings is 2. The van der Waals surface area contributed by atoms with Gasteiger partial charge in [-0.15, -0.1) is 0 Å². The van der Waals surface area contributed by atoms with Gasteiger partial charge >= 0.3 is 5.69 Å². The van der Waals surface area contributed by atoms with Gasteiger partial charge in [0.2, 0.25) is 5.75 Å². The summed E-state index contributed by atoms with van der Waals surface area (Å²) in [6.45, 7) is 4.97. The number of hydrogen-bond acceptors (Lipinski definition) is 10. The van der Waals surface area contributed by atoms with Crippen LogP contribution in [0.2, 0.25) is 0 Å². The number of ether oxygens (including phenoxy) is 4. The molecule has 0 aliphatic heterocycles. The van der Waals surface area contributed by atoms with Gasteiger partial charge in [0.15, 0.2) is 29.8 Å². The first-order valence-corrected chi connectivity index (χ1v) is 12.2. The molecule has 0 aromatic heterocycles.